The maximum atomic E-state index is 3.54. The number of hydrogen-bond donors (Lipinski definition) is 0. The zero-order valence-electron chi connectivity index (χ0n) is 4.58. The fraction of sp³-hybridized carbons (Fsp3) is 1.00. The molecule has 8 heavy (non-hydrogen) atoms. The summed E-state index contributed by atoms with van der Waals surface area (Å²) in [5.41, 5.74) is 0.779. The highest BCUT2D eigenvalue weighted by Gasteiger charge is 2.65. The predicted molar refractivity (Wildman–Crippen MR) is 46.8 cm³/mol. The van der Waals surface area contributed by atoms with Crippen LogP contribution in [-0.2, 0) is 0 Å². The Kier molecular flexibility index (Phi) is 1.07. The van der Waals surface area contributed by atoms with Crippen molar-refractivity contribution in [3.8, 4) is 0 Å². The Labute approximate surface area is 71.7 Å². The molecular formula is C6H8BrI. The molecule has 0 N–H and O–H groups in total. The number of hydrogen-bond acceptors (Lipinski definition) is 0. The van der Waals surface area contributed by atoms with Crippen molar-refractivity contribution in [2.45, 2.75) is 22.7 Å². The molecule has 0 aromatic rings. The molecular weight excluding hydrogens is 279 g/mol. The van der Waals surface area contributed by atoms with E-state index in [1.54, 1.807) is 0 Å². The van der Waals surface area contributed by atoms with Crippen LogP contribution in [0.2, 0.25) is 0 Å². The third-order valence-electron chi connectivity index (χ3n) is 2.36. The average molecular weight is 287 g/mol. The van der Waals surface area contributed by atoms with Gasteiger partial charge in [0.25, 0.3) is 0 Å². The first kappa shape index (κ1) is 5.96. The van der Waals surface area contributed by atoms with Crippen LogP contribution in [0.5, 0.6) is 0 Å². The number of rotatable bonds is 1. The Balaban J connectivity index is 2.04. The van der Waals surface area contributed by atoms with Crippen LogP contribution < -0.4 is 0 Å². The molecule has 3 aliphatic rings. The van der Waals surface area contributed by atoms with Crippen molar-refractivity contribution in [2.75, 3.05) is 5.33 Å². The Hall–Kier alpha value is 1.21. The van der Waals surface area contributed by atoms with E-state index < -0.39 is 0 Å². The summed E-state index contributed by atoms with van der Waals surface area (Å²) in [6.07, 6.45) is 4.43. The summed E-state index contributed by atoms with van der Waals surface area (Å²) < 4.78 is 0.769. The molecule has 0 unspecified atom stereocenters. The molecule has 3 rings (SSSR count). The van der Waals surface area contributed by atoms with Crippen LogP contribution in [-0.4, -0.2) is 8.75 Å². The van der Waals surface area contributed by atoms with Gasteiger partial charge in [0.1, 0.15) is 0 Å². The lowest BCUT2D eigenvalue weighted by molar-refractivity contribution is -0.0367. The smallest absolute Gasteiger partial charge is 0.0239 e. The normalized spacial score (nSPS) is 59.2. The van der Waals surface area contributed by atoms with Gasteiger partial charge in [0, 0.05) is 8.75 Å². The van der Waals surface area contributed by atoms with Crippen LogP contribution in [0.1, 0.15) is 19.3 Å². The predicted octanol–water partition coefficient (Wildman–Crippen LogP) is 2.74. The highest BCUT2D eigenvalue weighted by Crippen LogP contribution is 2.72. The minimum atomic E-state index is 0.769. The molecule has 3 aliphatic carbocycles. The maximum Gasteiger partial charge on any atom is 0.0239 e. The largest absolute Gasteiger partial charge is 0.0922 e. The summed E-state index contributed by atoms with van der Waals surface area (Å²) in [6, 6.07) is 0. The summed E-state index contributed by atoms with van der Waals surface area (Å²) in [6.45, 7) is 0. The van der Waals surface area contributed by atoms with Crippen molar-refractivity contribution in [2.24, 2.45) is 5.41 Å². The van der Waals surface area contributed by atoms with E-state index in [4.69, 9.17) is 0 Å². The Morgan fingerprint density at radius 1 is 1.38 bits per heavy atom. The molecule has 46 valence electrons. The molecule has 2 heteroatoms. The molecule has 2 bridgehead atoms. The van der Waals surface area contributed by atoms with E-state index in [9.17, 15) is 0 Å². The number of halogens is 2. The lowest BCUT2D eigenvalue weighted by Crippen LogP contribution is -2.63. The second-order valence-corrected chi connectivity index (χ2v) is 6.16. The van der Waals surface area contributed by atoms with Crippen molar-refractivity contribution < 1.29 is 0 Å². The third kappa shape index (κ3) is 0.564. The fourth-order valence-electron chi connectivity index (χ4n) is 2.00. The van der Waals surface area contributed by atoms with Gasteiger partial charge in [-0.15, -0.1) is 0 Å². The zero-order valence-corrected chi connectivity index (χ0v) is 8.33. The molecule has 0 saturated heterocycles. The summed E-state index contributed by atoms with van der Waals surface area (Å²) in [4.78, 5) is 0. The van der Waals surface area contributed by atoms with E-state index in [2.05, 4.69) is 38.5 Å². The minimum Gasteiger partial charge on any atom is -0.0922 e. The Morgan fingerprint density at radius 2 is 1.88 bits per heavy atom. The van der Waals surface area contributed by atoms with Crippen LogP contribution in [0.4, 0.5) is 0 Å². The molecule has 0 amide bonds. The SMILES string of the molecule is BrCC12CC(I)(C1)C2. The van der Waals surface area contributed by atoms with Gasteiger partial charge in [0.15, 0.2) is 0 Å². The third-order valence-corrected chi connectivity index (χ3v) is 4.69. The first-order chi connectivity index (χ1) is 3.68. The van der Waals surface area contributed by atoms with Gasteiger partial charge in [-0.3, -0.25) is 0 Å². The fourth-order valence-corrected chi connectivity index (χ4v) is 5.02. The van der Waals surface area contributed by atoms with Gasteiger partial charge in [-0.1, -0.05) is 38.5 Å². The van der Waals surface area contributed by atoms with Crippen LogP contribution in [0.15, 0.2) is 0 Å². The van der Waals surface area contributed by atoms with Gasteiger partial charge >= 0.3 is 0 Å². The van der Waals surface area contributed by atoms with E-state index in [1.807, 2.05) is 0 Å². The molecule has 0 atom stereocenters. The molecule has 0 aromatic carbocycles. The van der Waals surface area contributed by atoms with Gasteiger partial charge in [0.05, 0.1) is 0 Å². The standard InChI is InChI=1S/C6H8BrI/c7-4-5-1-6(8,2-5)3-5/h1-4H2. The first-order valence-electron chi connectivity index (χ1n) is 2.93. The molecule has 3 saturated carbocycles. The monoisotopic (exact) mass is 286 g/mol. The van der Waals surface area contributed by atoms with E-state index in [0.717, 1.165) is 8.84 Å². The van der Waals surface area contributed by atoms with Crippen LogP contribution in [0, 0.1) is 5.41 Å². The van der Waals surface area contributed by atoms with E-state index in [1.165, 1.54) is 24.6 Å². The Morgan fingerprint density at radius 3 is 2.00 bits per heavy atom. The minimum absolute atomic E-state index is 0.769. The quantitative estimate of drug-likeness (QED) is 0.514. The van der Waals surface area contributed by atoms with Crippen LogP contribution >= 0.6 is 38.5 Å². The molecule has 0 heterocycles. The number of alkyl halides is 2. The lowest BCUT2D eigenvalue weighted by Gasteiger charge is -2.67. The van der Waals surface area contributed by atoms with E-state index in [0.29, 0.717) is 0 Å². The topological polar surface area (TPSA) is 0 Å². The van der Waals surface area contributed by atoms with Gasteiger partial charge in [0.2, 0.25) is 0 Å². The van der Waals surface area contributed by atoms with E-state index >= 15 is 0 Å². The molecule has 0 aliphatic heterocycles. The molecule has 0 nitrogen and oxygen atoms in total. The molecule has 0 radical (unpaired) electrons. The maximum absolute atomic E-state index is 3.54. The van der Waals surface area contributed by atoms with Crippen molar-refractivity contribution in [3.05, 3.63) is 0 Å². The summed E-state index contributed by atoms with van der Waals surface area (Å²) in [7, 11) is 0. The van der Waals surface area contributed by atoms with Gasteiger partial charge in [-0.05, 0) is 24.7 Å². The second kappa shape index (κ2) is 1.44. The van der Waals surface area contributed by atoms with Crippen molar-refractivity contribution in [1.82, 2.24) is 0 Å². The van der Waals surface area contributed by atoms with Gasteiger partial charge in [-0.25, -0.2) is 0 Å². The summed E-state index contributed by atoms with van der Waals surface area (Å²) in [5.74, 6) is 0. The van der Waals surface area contributed by atoms with Crippen LogP contribution in [0.25, 0.3) is 0 Å². The van der Waals surface area contributed by atoms with E-state index in [-0.39, 0.29) is 0 Å². The van der Waals surface area contributed by atoms with Gasteiger partial charge in [-0.2, -0.15) is 0 Å². The van der Waals surface area contributed by atoms with Crippen molar-refractivity contribution in [3.63, 3.8) is 0 Å². The van der Waals surface area contributed by atoms with Crippen molar-refractivity contribution >= 4 is 38.5 Å². The molecule has 3 fully saturated rings. The summed E-state index contributed by atoms with van der Waals surface area (Å²) in [5, 5.41) is 1.24. The summed E-state index contributed by atoms with van der Waals surface area (Å²) >= 11 is 6.15. The lowest BCUT2D eigenvalue weighted by atomic mass is 9.45. The molecule has 0 spiro atoms. The van der Waals surface area contributed by atoms with Crippen molar-refractivity contribution in [1.29, 1.82) is 0 Å². The zero-order chi connectivity index (χ0) is 5.83. The molecule has 0 aromatic heterocycles. The second-order valence-electron chi connectivity index (χ2n) is 3.31. The Bertz CT molecular complexity index is 113. The highest BCUT2D eigenvalue weighted by molar-refractivity contribution is 14.1. The average Bonchev–Trinajstić information content (AvgIpc) is 1.55. The van der Waals surface area contributed by atoms with Crippen LogP contribution in [0.3, 0.4) is 0 Å². The first-order valence-corrected chi connectivity index (χ1v) is 5.13. The van der Waals surface area contributed by atoms with Gasteiger partial charge < -0.3 is 0 Å². The highest BCUT2D eigenvalue weighted by atomic mass is 127.